The quantitative estimate of drug-likeness (QED) is 0.486. The molecule has 4 aromatic rings. The summed E-state index contributed by atoms with van der Waals surface area (Å²) < 4.78 is 1.80. The van der Waals surface area contributed by atoms with Gasteiger partial charge in [-0.05, 0) is 37.1 Å². The highest BCUT2D eigenvalue weighted by molar-refractivity contribution is 7.15. The van der Waals surface area contributed by atoms with E-state index in [0.29, 0.717) is 24.5 Å². The number of amides is 2. The van der Waals surface area contributed by atoms with Crippen LogP contribution in [-0.4, -0.2) is 33.0 Å². The molecule has 2 heterocycles. The molecule has 0 atom stereocenters. The third-order valence-electron chi connectivity index (χ3n) is 4.68. The van der Waals surface area contributed by atoms with Gasteiger partial charge in [0.15, 0.2) is 5.82 Å². The highest BCUT2D eigenvalue weighted by Gasteiger charge is 2.15. The Morgan fingerprint density at radius 2 is 1.90 bits per heavy atom. The Bertz CT molecular complexity index is 1230. The van der Waals surface area contributed by atoms with Crippen LogP contribution in [-0.2, 0) is 16.0 Å². The fourth-order valence-corrected chi connectivity index (χ4v) is 3.99. The first-order chi connectivity index (χ1) is 14.5. The first kappa shape index (κ1) is 19.8. The van der Waals surface area contributed by atoms with Gasteiger partial charge in [0.1, 0.15) is 0 Å². The fourth-order valence-electron chi connectivity index (χ4n) is 3.13. The Labute approximate surface area is 177 Å². The van der Waals surface area contributed by atoms with Crippen LogP contribution >= 0.6 is 11.3 Å². The number of benzene rings is 2. The van der Waals surface area contributed by atoms with Gasteiger partial charge < -0.3 is 10.6 Å². The summed E-state index contributed by atoms with van der Waals surface area (Å²) in [5.74, 6) is -0.663. The summed E-state index contributed by atoms with van der Waals surface area (Å²) in [6, 6.07) is 15.3. The monoisotopic (exact) mass is 419 g/mol. The average Bonchev–Trinajstić information content (AvgIpc) is 3.30. The number of carbonyl (C=O) groups excluding carboxylic acids is 2. The highest BCUT2D eigenvalue weighted by Crippen LogP contribution is 2.23. The van der Waals surface area contributed by atoms with Gasteiger partial charge >= 0.3 is 11.8 Å². The highest BCUT2D eigenvalue weighted by atomic mass is 32.1. The van der Waals surface area contributed by atoms with Crippen LogP contribution in [0.3, 0.4) is 0 Å². The minimum Gasteiger partial charge on any atom is -0.347 e. The second kappa shape index (κ2) is 8.46. The van der Waals surface area contributed by atoms with Crippen LogP contribution in [0.25, 0.3) is 16.3 Å². The second-order valence-electron chi connectivity index (χ2n) is 7.00. The lowest BCUT2D eigenvalue weighted by atomic mass is 10.1. The molecule has 2 aromatic heterocycles. The molecule has 8 heteroatoms. The van der Waals surface area contributed by atoms with Crippen molar-refractivity contribution in [2.75, 3.05) is 11.9 Å². The van der Waals surface area contributed by atoms with Gasteiger partial charge in [-0.25, -0.2) is 4.52 Å². The van der Waals surface area contributed by atoms with E-state index >= 15 is 0 Å². The zero-order valence-corrected chi connectivity index (χ0v) is 17.5. The van der Waals surface area contributed by atoms with Crippen LogP contribution in [0.15, 0.2) is 53.9 Å². The molecule has 0 aliphatic heterocycles. The molecule has 30 heavy (non-hydrogen) atoms. The van der Waals surface area contributed by atoms with Gasteiger partial charge in [0.25, 0.3) is 0 Å². The number of thiazole rings is 1. The second-order valence-corrected chi connectivity index (χ2v) is 7.84. The lowest BCUT2D eigenvalue weighted by Gasteiger charge is -2.07. The number of hydrogen-bond acceptors (Lipinski definition) is 5. The average molecular weight is 420 g/mol. The van der Waals surface area contributed by atoms with Crippen LogP contribution in [0, 0.1) is 13.8 Å². The number of rotatable bonds is 5. The topological polar surface area (TPSA) is 88.4 Å². The number of fused-ring (bicyclic) bond motifs is 1. The molecule has 0 fully saturated rings. The third-order valence-corrected chi connectivity index (χ3v) is 5.55. The van der Waals surface area contributed by atoms with E-state index in [0.717, 1.165) is 27.3 Å². The Morgan fingerprint density at radius 1 is 1.07 bits per heavy atom. The van der Waals surface area contributed by atoms with E-state index in [1.54, 1.807) is 10.6 Å². The van der Waals surface area contributed by atoms with E-state index < -0.39 is 11.8 Å². The summed E-state index contributed by atoms with van der Waals surface area (Å²) in [5, 5.41) is 11.9. The first-order valence-corrected chi connectivity index (χ1v) is 10.4. The van der Waals surface area contributed by atoms with Crippen molar-refractivity contribution in [1.82, 2.24) is 19.9 Å². The summed E-state index contributed by atoms with van der Waals surface area (Å²) in [6.07, 6.45) is 0.542. The Hall–Kier alpha value is -3.52. The van der Waals surface area contributed by atoms with Crippen LogP contribution in [0.1, 0.15) is 16.8 Å². The number of nitrogens with zero attached hydrogens (tertiary/aromatic N) is 3. The Balaban J connectivity index is 1.37. The molecule has 0 unspecified atom stereocenters. The van der Waals surface area contributed by atoms with E-state index in [1.165, 1.54) is 11.3 Å². The Morgan fingerprint density at radius 3 is 2.70 bits per heavy atom. The van der Waals surface area contributed by atoms with Crippen LogP contribution < -0.4 is 10.6 Å². The molecule has 0 aliphatic carbocycles. The minimum atomic E-state index is -0.682. The molecule has 7 nitrogen and oxygen atoms in total. The largest absolute Gasteiger partial charge is 0.347 e. The number of nitrogens with one attached hydrogen (secondary N) is 2. The molecule has 2 N–H and O–H groups in total. The first-order valence-electron chi connectivity index (χ1n) is 9.56. The molecule has 2 amide bonds. The standard InChI is InChI=1S/C22H21N5O2S/c1-14-6-5-8-16(12-14)24-21(29)20(28)23-11-10-17-13-30-22-25-19(26-27(17)22)18-9-4-3-7-15(18)2/h3-9,12-13H,10-11H2,1-2H3,(H,23,28)(H,24,29). The number of aryl methyl sites for hydroxylation is 2. The maximum absolute atomic E-state index is 12.1. The summed E-state index contributed by atoms with van der Waals surface area (Å²) in [7, 11) is 0. The van der Waals surface area contributed by atoms with Gasteiger partial charge in [-0.3, -0.25) is 9.59 Å². The molecule has 152 valence electrons. The van der Waals surface area contributed by atoms with Gasteiger partial charge in [0, 0.05) is 29.6 Å². The summed E-state index contributed by atoms with van der Waals surface area (Å²) in [4.78, 5) is 29.6. The predicted molar refractivity (Wildman–Crippen MR) is 118 cm³/mol. The SMILES string of the molecule is Cc1cccc(NC(=O)C(=O)NCCc2csc3nc(-c4ccccc4C)nn23)c1. The smallest absolute Gasteiger partial charge is 0.313 e. The maximum atomic E-state index is 12.1. The molecule has 2 aromatic carbocycles. The molecule has 0 spiro atoms. The third kappa shape index (κ3) is 4.23. The van der Waals surface area contributed by atoms with Gasteiger partial charge in [-0.2, -0.15) is 4.98 Å². The number of aromatic nitrogens is 3. The van der Waals surface area contributed by atoms with Crippen LogP contribution in [0.4, 0.5) is 5.69 Å². The molecule has 0 radical (unpaired) electrons. The van der Waals surface area contributed by atoms with E-state index in [-0.39, 0.29) is 0 Å². The number of carbonyl (C=O) groups is 2. The van der Waals surface area contributed by atoms with Crippen molar-refractivity contribution in [1.29, 1.82) is 0 Å². The lowest BCUT2D eigenvalue weighted by molar-refractivity contribution is -0.136. The molecular weight excluding hydrogens is 398 g/mol. The van der Waals surface area contributed by atoms with Crippen molar-refractivity contribution < 1.29 is 9.59 Å². The summed E-state index contributed by atoms with van der Waals surface area (Å²) >= 11 is 1.50. The minimum absolute atomic E-state index is 0.325. The van der Waals surface area contributed by atoms with Crippen LogP contribution in [0.5, 0.6) is 0 Å². The van der Waals surface area contributed by atoms with Crippen molar-refractivity contribution in [2.24, 2.45) is 0 Å². The molecule has 4 rings (SSSR count). The van der Waals surface area contributed by atoms with Crippen molar-refractivity contribution in [3.05, 3.63) is 70.7 Å². The van der Waals surface area contributed by atoms with Gasteiger partial charge in [0.2, 0.25) is 4.96 Å². The van der Waals surface area contributed by atoms with Gasteiger partial charge in [-0.1, -0.05) is 36.4 Å². The van der Waals surface area contributed by atoms with Crippen LogP contribution in [0.2, 0.25) is 0 Å². The summed E-state index contributed by atoms with van der Waals surface area (Å²) in [5.41, 5.74) is 4.65. The molecule has 0 bridgehead atoms. The molecule has 0 aliphatic rings. The zero-order valence-electron chi connectivity index (χ0n) is 16.7. The lowest BCUT2D eigenvalue weighted by Crippen LogP contribution is -2.36. The predicted octanol–water partition coefficient (Wildman–Crippen LogP) is 3.37. The molecular formula is C22H21N5O2S. The van der Waals surface area contributed by atoms with E-state index in [4.69, 9.17) is 0 Å². The maximum Gasteiger partial charge on any atom is 0.313 e. The van der Waals surface area contributed by atoms with Gasteiger partial charge in [-0.15, -0.1) is 16.4 Å². The van der Waals surface area contributed by atoms with Crippen molar-refractivity contribution in [2.45, 2.75) is 20.3 Å². The molecule has 0 saturated heterocycles. The van der Waals surface area contributed by atoms with Gasteiger partial charge in [0.05, 0.1) is 5.69 Å². The molecule has 0 saturated carbocycles. The van der Waals surface area contributed by atoms with E-state index in [1.807, 2.05) is 61.7 Å². The number of anilines is 1. The van der Waals surface area contributed by atoms with E-state index in [9.17, 15) is 9.59 Å². The zero-order chi connectivity index (χ0) is 21.1. The fraction of sp³-hybridized carbons (Fsp3) is 0.182. The summed E-state index contributed by atoms with van der Waals surface area (Å²) in [6.45, 7) is 4.28. The van der Waals surface area contributed by atoms with Crippen molar-refractivity contribution in [3.8, 4) is 11.4 Å². The normalized spacial score (nSPS) is 10.9. The van der Waals surface area contributed by atoms with Crippen molar-refractivity contribution >= 4 is 33.8 Å². The van der Waals surface area contributed by atoms with Crippen molar-refractivity contribution in [3.63, 3.8) is 0 Å². The Kier molecular flexibility index (Phi) is 5.58. The van der Waals surface area contributed by atoms with E-state index in [2.05, 4.69) is 20.7 Å². The number of hydrogen-bond donors (Lipinski definition) is 2.